The number of hydrogen-bond donors (Lipinski definition) is 1. The Morgan fingerprint density at radius 1 is 1.17 bits per heavy atom. The number of fused-ring (bicyclic) bond motifs is 1. The van der Waals surface area contributed by atoms with Crippen molar-refractivity contribution >= 4 is 16.7 Å². The van der Waals surface area contributed by atoms with Gasteiger partial charge in [-0.25, -0.2) is 4.98 Å². The van der Waals surface area contributed by atoms with Crippen LogP contribution in [0.1, 0.15) is 43.4 Å². The van der Waals surface area contributed by atoms with Gasteiger partial charge in [0.05, 0.1) is 5.52 Å². The van der Waals surface area contributed by atoms with Crippen molar-refractivity contribution in [1.82, 2.24) is 4.98 Å². The van der Waals surface area contributed by atoms with Gasteiger partial charge in [-0.3, -0.25) is 0 Å². The second kappa shape index (κ2) is 4.97. The summed E-state index contributed by atoms with van der Waals surface area (Å²) in [6.07, 6.45) is 0. The summed E-state index contributed by atoms with van der Waals surface area (Å²) in [5, 5.41) is 4.66. The fraction of sp³-hybridized carbons (Fsp3) is 0.438. The zero-order valence-electron chi connectivity index (χ0n) is 12.0. The highest BCUT2D eigenvalue weighted by atomic mass is 15.0. The van der Waals surface area contributed by atoms with Crippen LogP contribution < -0.4 is 5.32 Å². The van der Waals surface area contributed by atoms with Crippen LogP contribution in [0.15, 0.2) is 18.2 Å². The predicted molar refractivity (Wildman–Crippen MR) is 79.5 cm³/mol. The van der Waals surface area contributed by atoms with Crippen LogP contribution in [0, 0.1) is 13.8 Å². The maximum atomic E-state index is 4.84. The van der Waals surface area contributed by atoms with Gasteiger partial charge in [-0.05, 0) is 49.4 Å². The molecular weight excluding hydrogens is 220 g/mol. The highest BCUT2D eigenvalue weighted by Crippen LogP contribution is 2.29. The number of aromatic nitrogens is 1. The van der Waals surface area contributed by atoms with E-state index in [0.717, 1.165) is 17.9 Å². The SMILES string of the molecule is CCNc1nc2c(C)ccc(C)c2cc1C(C)C. The van der Waals surface area contributed by atoms with Crippen molar-refractivity contribution in [3.05, 3.63) is 34.9 Å². The van der Waals surface area contributed by atoms with Crippen molar-refractivity contribution in [3.63, 3.8) is 0 Å². The van der Waals surface area contributed by atoms with Crippen molar-refractivity contribution in [2.45, 2.75) is 40.5 Å². The van der Waals surface area contributed by atoms with E-state index in [-0.39, 0.29) is 0 Å². The molecule has 2 heteroatoms. The van der Waals surface area contributed by atoms with Crippen LogP contribution in [0.5, 0.6) is 0 Å². The summed E-state index contributed by atoms with van der Waals surface area (Å²) in [6, 6.07) is 6.62. The van der Waals surface area contributed by atoms with Gasteiger partial charge in [0.1, 0.15) is 5.82 Å². The Balaban J connectivity index is 2.75. The molecule has 0 amide bonds. The van der Waals surface area contributed by atoms with Crippen LogP contribution in [0.4, 0.5) is 5.82 Å². The number of rotatable bonds is 3. The number of aryl methyl sites for hydroxylation is 2. The largest absolute Gasteiger partial charge is 0.370 e. The van der Waals surface area contributed by atoms with Crippen molar-refractivity contribution < 1.29 is 0 Å². The summed E-state index contributed by atoms with van der Waals surface area (Å²) in [5.41, 5.74) is 4.96. The minimum Gasteiger partial charge on any atom is -0.370 e. The molecule has 0 unspecified atom stereocenters. The Morgan fingerprint density at radius 2 is 1.83 bits per heavy atom. The average Bonchev–Trinajstić information content (AvgIpc) is 2.34. The summed E-state index contributed by atoms with van der Waals surface area (Å²) in [4.78, 5) is 4.84. The van der Waals surface area contributed by atoms with Crippen LogP contribution in [-0.4, -0.2) is 11.5 Å². The summed E-state index contributed by atoms with van der Waals surface area (Å²) in [7, 11) is 0. The van der Waals surface area contributed by atoms with Crippen molar-refractivity contribution in [2.75, 3.05) is 11.9 Å². The van der Waals surface area contributed by atoms with Gasteiger partial charge >= 0.3 is 0 Å². The molecule has 18 heavy (non-hydrogen) atoms. The normalized spacial score (nSPS) is 11.2. The zero-order valence-corrected chi connectivity index (χ0v) is 12.0. The molecule has 0 bridgehead atoms. The highest BCUT2D eigenvalue weighted by molar-refractivity contribution is 5.87. The molecule has 0 radical (unpaired) electrons. The molecule has 96 valence electrons. The summed E-state index contributed by atoms with van der Waals surface area (Å²) < 4.78 is 0. The van der Waals surface area contributed by atoms with E-state index in [9.17, 15) is 0 Å². The molecule has 0 fully saturated rings. The minimum absolute atomic E-state index is 0.482. The van der Waals surface area contributed by atoms with Crippen LogP contribution in [-0.2, 0) is 0 Å². The number of pyridine rings is 1. The number of nitrogens with zero attached hydrogens (tertiary/aromatic N) is 1. The second-order valence-electron chi connectivity index (χ2n) is 5.21. The number of benzene rings is 1. The molecule has 2 rings (SSSR count). The Labute approximate surface area is 109 Å². The maximum absolute atomic E-state index is 4.84. The molecule has 0 aliphatic carbocycles. The smallest absolute Gasteiger partial charge is 0.130 e. The Bertz CT molecular complexity index is 571. The van der Waals surface area contributed by atoms with E-state index in [4.69, 9.17) is 4.98 Å². The second-order valence-corrected chi connectivity index (χ2v) is 5.21. The monoisotopic (exact) mass is 242 g/mol. The number of anilines is 1. The molecule has 0 aliphatic heterocycles. The van der Waals surface area contributed by atoms with E-state index in [0.29, 0.717) is 5.92 Å². The van der Waals surface area contributed by atoms with Gasteiger partial charge in [0.15, 0.2) is 0 Å². The first-order valence-corrected chi connectivity index (χ1v) is 6.69. The quantitative estimate of drug-likeness (QED) is 0.862. The van der Waals surface area contributed by atoms with Gasteiger partial charge in [0.2, 0.25) is 0 Å². The predicted octanol–water partition coefficient (Wildman–Crippen LogP) is 4.41. The van der Waals surface area contributed by atoms with Crippen LogP contribution >= 0.6 is 0 Å². The standard InChI is InChI=1S/C16H22N2/c1-6-17-16-13(10(2)3)9-14-11(4)7-8-12(5)15(14)18-16/h7-10H,6H2,1-5H3,(H,17,18). The number of nitrogens with one attached hydrogen (secondary N) is 1. The van der Waals surface area contributed by atoms with E-state index in [1.165, 1.54) is 22.1 Å². The van der Waals surface area contributed by atoms with E-state index in [2.05, 4.69) is 58.1 Å². The lowest BCUT2D eigenvalue weighted by Gasteiger charge is -2.16. The Kier molecular flexibility index (Phi) is 3.55. The van der Waals surface area contributed by atoms with Crippen molar-refractivity contribution in [2.24, 2.45) is 0 Å². The van der Waals surface area contributed by atoms with Gasteiger partial charge < -0.3 is 5.32 Å². The lowest BCUT2D eigenvalue weighted by atomic mass is 9.98. The van der Waals surface area contributed by atoms with Gasteiger partial charge in [0, 0.05) is 11.9 Å². The third kappa shape index (κ3) is 2.20. The van der Waals surface area contributed by atoms with E-state index in [1.807, 2.05) is 0 Å². The topological polar surface area (TPSA) is 24.9 Å². The molecule has 1 heterocycles. The molecule has 2 aromatic rings. The Hall–Kier alpha value is -1.57. The van der Waals surface area contributed by atoms with E-state index in [1.54, 1.807) is 0 Å². The summed E-state index contributed by atoms with van der Waals surface area (Å²) in [6.45, 7) is 11.7. The first kappa shape index (κ1) is 12.9. The van der Waals surface area contributed by atoms with Crippen LogP contribution in [0.25, 0.3) is 10.9 Å². The van der Waals surface area contributed by atoms with Crippen LogP contribution in [0.3, 0.4) is 0 Å². The van der Waals surface area contributed by atoms with E-state index < -0.39 is 0 Å². The molecule has 1 aromatic carbocycles. The lowest BCUT2D eigenvalue weighted by Crippen LogP contribution is -2.05. The molecule has 0 spiro atoms. The molecule has 0 saturated carbocycles. The van der Waals surface area contributed by atoms with Crippen molar-refractivity contribution in [1.29, 1.82) is 0 Å². The van der Waals surface area contributed by atoms with Gasteiger partial charge in [0.25, 0.3) is 0 Å². The Morgan fingerprint density at radius 3 is 2.44 bits per heavy atom. The first-order chi connectivity index (χ1) is 8.54. The molecule has 0 atom stereocenters. The lowest BCUT2D eigenvalue weighted by molar-refractivity contribution is 0.861. The fourth-order valence-corrected chi connectivity index (χ4v) is 2.30. The molecule has 0 saturated heterocycles. The highest BCUT2D eigenvalue weighted by Gasteiger charge is 2.11. The molecule has 1 aromatic heterocycles. The maximum Gasteiger partial charge on any atom is 0.130 e. The van der Waals surface area contributed by atoms with E-state index >= 15 is 0 Å². The zero-order chi connectivity index (χ0) is 13.3. The first-order valence-electron chi connectivity index (χ1n) is 6.69. The summed E-state index contributed by atoms with van der Waals surface area (Å²) in [5.74, 6) is 1.52. The van der Waals surface area contributed by atoms with Gasteiger partial charge in [-0.15, -0.1) is 0 Å². The average molecular weight is 242 g/mol. The summed E-state index contributed by atoms with van der Waals surface area (Å²) >= 11 is 0. The number of hydrogen-bond acceptors (Lipinski definition) is 2. The fourth-order valence-electron chi connectivity index (χ4n) is 2.30. The molecule has 0 aliphatic rings. The van der Waals surface area contributed by atoms with Gasteiger partial charge in [-0.2, -0.15) is 0 Å². The minimum atomic E-state index is 0.482. The third-order valence-electron chi connectivity index (χ3n) is 3.40. The van der Waals surface area contributed by atoms with Crippen LogP contribution in [0.2, 0.25) is 0 Å². The molecule has 1 N–H and O–H groups in total. The molecule has 2 nitrogen and oxygen atoms in total. The van der Waals surface area contributed by atoms with Gasteiger partial charge in [-0.1, -0.05) is 26.0 Å². The van der Waals surface area contributed by atoms with Crippen molar-refractivity contribution in [3.8, 4) is 0 Å². The third-order valence-corrected chi connectivity index (χ3v) is 3.40. The molecular formula is C16H22N2.